The van der Waals surface area contributed by atoms with Crippen molar-refractivity contribution >= 4 is 17.5 Å². The van der Waals surface area contributed by atoms with E-state index in [0.29, 0.717) is 12.5 Å². The second-order valence-corrected chi connectivity index (χ2v) is 4.69. The Labute approximate surface area is 118 Å². The van der Waals surface area contributed by atoms with Crippen molar-refractivity contribution in [2.75, 3.05) is 23.3 Å². The fourth-order valence-electron chi connectivity index (χ4n) is 2.43. The topological polar surface area (TPSA) is 53.9 Å². The number of hydrogen-bond donors (Lipinski definition) is 1. The summed E-state index contributed by atoms with van der Waals surface area (Å²) in [7, 11) is 0. The third kappa shape index (κ3) is 2.47. The Morgan fingerprint density at radius 2 is 2.25 bits per heavy atom. The monoisotopic (exact) mass is 267 g/mol. The number of benzene rings is 1. The minimum absolute atomic E-state index is 0.533. The van der Waals surface area contributed by atoms with Gasteiger partial charge in [-0.25, -0.2) is 0 Å². The first-order valence-corrected chi connectivity index (χ1v) is 6.78. The van der Waals surface area contributed by atoms with Crippen molar-refractivity contribution < 1.29 is 0 Å². The molecule has 0 bridgehead atoms. The molecule has 1 aromatic carbocycles. The number of aryl methyl sites for hydroxylation is 1. The van der Waals surface area contributed by atoms with Crippen molar-refractivity contribution in [3.63, 3.8) is 0 Å². The van der Waals surface area contributed by atoms with E-state index in [9.17, 15) is 0 Å². The Hall–Kier alpha value is -2.43. The second kappa shape index (κ2) is 5.69. The molecule has 3 rings (SSSR count). The lowest BCUT2D eigenvalue weighted by Gasteiger charge is -2.30. The van der Waals surface area contributed by atoms with Crippen molar-refractivity contribution in [2.45, 2.75) is 12.8 Å². The Bertz CT molecular complexity index is 611. The van der Waals surface area contributed by atoms with Gasteiger partial charge in [-0.2, -0.15) is 10.1 Å². The lowest BCUT2D eigenvalue weighted by Crippen LogP contribution is -2.25. The first-order chi connectivity index (χ1) is 9.88. The van der Waals surface area contributed by atoms with Crippen LogP contribution in [0.2, 0.25) is 0 Å². The minimum Gasteiger partial charge on any atom is -0.349 e. The summed E-state index contributed by atoms with van der Waals surface area (Å²) in [6.07, 6.45) is 5.72. The molecule has 0 fully saturated rings. The molecule has 0 unspecified atom stereocenters. The Kier molecular flexibility index (Phi) is 3.58. The molecule has 0 saturated heterocycles. The van der Waals surface area contributed by atoms with Crippen LogP contribution in [0.4, 0.5) is 17.5 Å². The maximum absolute atomic E-state index is 4.53. The van der Waals surface area contributed by atoms with Gasteiger partial charge in [0, 0.05) is 18.8 Å². The summed E-state index contributed by atoms with van der Waals surface area (Å²) >= 11 is 0. The lowest BCUT2D eigenvalue weighted by atomic mass is 10.0. The zero-order chi connectivity index (χ0) is 13.8. The molecule has 5 nitrogen and oxygen atoms in total. The molecule has 0 saturated carbocycles. The Balaban J connectivity index is 1.92. The van der Waals surface area contributed by atoms with Crippen molar-refractivity contribution in [1.29, 1.82) is 0 Å². The average Bonchev–Trinajstić information content (AvgIpc) is 2.52. The van der Waals surface area contributed by atoms with Gasteiger partial charge in [0.1, 0.15) is 0 Å². The van der Waals surface area contributed by atoms with Crippen LogP contribution in [-0.4, -0.2) is 28.3 Å². The van der Waals surface area contributed by atoms with E-state index in [4.69, 9.17) is 0 Å². The summed E-state index contributed by atoms with van der Waals surface area (Å²) in [5, 5.41) is 11.1. The van der Waals surface area contributed by atoms with Gasteiger partial charge in [-0.1, -0.05) is 24.3 Å². The van der Waals surface area contributed by atoms with Crippen LogP contribution in [0.5, 0.6) is 0 Å². The Morgan fingerprint density at radius 3 is 3.15 bits per heavy atom. The highest BCUT2D eigenvalue weighted by molar-refractivity contribution is 5.65. The van der Waals surface area contributed by atoms with E-state index in [1.54, 1.807) is 12.3 Å². The molecule has 0 atom stereocenters. The molecular formula is C15H17N5. The molecule has 1 aromatic heterocycles. The van der Waals surface area contributed by atoms with Crippen LogP contribution in [0.15, 0.2) is 43.1 Å². The molecule has 5 heteroatoms. The average molecular weight is 267 g/mol. The van der Waals surface area contributed by atoms with Gasteiger partial charge >= 0.3 is 0 Å². The molecule has 20 heavy (non-hydrogen) atoms. The molecule has 0 radical (unpaired) electrons. The van der Waals surface area contributed by atoms with Gasteiger partial charge in [0.15, 0.2) is 5.82 Å². The number of aromatic nitrogens is 3. The van der Waals surface area contributed by atoms with Crippen molar-refractivity contribution in [2.24, 2.45) is 0 Å². The largest absolute Gasteiger partial charge is 0.349 e. The molecule has 0 aliphatic carbocycles. The number of fused-ring (bicyclic) bond motifs is 1. The number of nitrogens with one attached hydrogen (secondary N) is 1. The normalized spacial score (nSPS) is 13.7. The fourth-order valence-corrected chi connectivity index (χ4v) is 2.43. The van der Waals surface area contributed by atoms with Crippen LogP contribution in [0.1, 0.15) is 12.0 Å². The van der Waals surface area contributed by atoms with Crippen LogP contribution in [0.25, 0.3) is 0 Å². The molecule has 2 aromatic rings. The van der Waals surface area contributed by atoms with Gasteiger partial charge in [0.2, 0.25) is 5.95 Å². The number of anilines is 3. The summed E-state index contributed by atoms with van der Waals surface area (Å²) in [6, 6.07) is 8.45. The lowest BCUT2D eigenvalue weighted by molar-refractivity contribution is 0.754. The van der Waals surface area contributed by atoms with E-state index in [1.165, 1.54) is 11.3 Å². The number of nitrogens with zero attached hydrogens (tertiary/aromatic N) is 4. The van der Waals surface area contributed by atoms with E-state index >= 15 is 0 Å². The molecule has 1 N–H and O–H groups in total. The highest BCUT2D eigenvalue weighted by Crippen LogP contribution is 2.31. The molecule has 0 amide bonds. The van der Waals surface area contributed by atoms with Crippen molar-refractivity contribution in [3.05, 3.63) is 48.7 Å². The third-order valence-electron chi connectivity index (χ3n) is 3.34. The highest BCUT2D eigenvalue weighted by Gasteiger charge is 2.19. The fraction of sp³-hybridized carbons (Fsp3) is 0.267. The number of para-hydroxylation sites is 1. The predicted molar refractivity (Wildman–Crippen MR) is 80.3 cm³/mol. The standard InChI is InChI=1S/C15H17N5/c1-2-9-16-15-18-14(11-17-19-15)20-10-5-7-12-6-3-4-8-13(12)20/h2-4,6,8,11H,1,5,7,9-10H2,(H,16,18,19). The zero-order valence-electron chi connectivity index (χ0n) is 11.3. The van der Waals surface area contributed by atoms with E-state index in [0.717, 1.165) is 25.2 Å². The maximum Gasteiger partial charge on any atom is 0.244 e. The van der Waals surface area contributed by atoms with Crippen molar-refractivity contribution in [3.8, 4) is 0 Å². The summed E-state index contributed by atoms with van der Waals surface area (Å²) in [4.78, 5) is 6.73. The second-order valence-electron chi connectivity index (χ2n) is 4.69. The summed E-state index contributed by atoms with van der Waals surface area (Å²) < 4.78 is 0. The molecule has 1 aliphatic rings. The van der Waals surface area contributed by atoms with E-state index in [2.05, 4.69) is 56.2 Å². The van der Waals surface area contributed by atoms with Crippen molar-refractivity contribution in [1.82, 2.24) is 15.2 Å². The van der Waals surface area contributed by atoms with E-state index in [-0.39, 0.29) is 0 Å². The molecule has 1 aliphatic heterocycles. The summed E-state index contributed by atoms with van der Waals surface area (Å²) in [6.45, 7) is 5.25. The highest BCUT2D eigenvalue weighted by atomic mass is 15.3. The van der Waals surface area contributed by atoms with Gasteiger partial charge in [0.05, 0.1) is 6.20 Å². The molecule has 102 valence electrons. The maximum atomic E-state index is 4.53. The van der Waals surface area contributed by atoms with Crippen LogP contribution in [-0.2, 0) is 6.42 Å². The van der Waals surface area contributed by atoms with E-state index in [1.807, 2.05) is 0 Å². The van der Waals surface area contributed by atoms with Gasteiger partial charge in [0.25, 0.3) is 0 Å². The quantitative estimate of drug-likeness (QED) is 0.863. The smallest absolute Gasteiger partial charge is 0.244 e. The third-order valence-corrected chi connectivity index (χ3v) is 3.34. The van der Waals surface area contributed by atoms with Gasteiger partial charge in [-0.05, 0) is 24.5 Å². The predicted octanol–water partition coefficient (Wildman–Crippen LogP) is 2.55. The van der Waals surface area contributed by atoms with Crippen LogP contribution < -0.4 is 10.2 Å². The first kappa shape index (κ1) is 12.6. The molecule has 2 heterocycles. The number of hydrogen-bond acceptors (Lipinski definition) is 5. The van der Waals surface area contributed by atoms with E-state index < -0.39 is 0 Å². The zero-order valence-corrected chi connectivity index (χ0v) is 11.3. The Morgan fingerprint density at radius 1 is 1.35 bits per heavy atom. The van der Waals surface area contributed by atoms with Gasteiger partial charge < -0.3 is 10.2 Å². The van der Waals surface area contributed by atoms with Crippen LogP contribution in [0.3, 0.4) is 0 Å². The molecular weight excluding hydrogens is 250 g/mol. The van der Waals surface area contributed by atoms with Crippen LogP contribution in [0, 0.1) is 0 Å². The summed E-state index contributed by atoms with van der Waals surface area (Å²) in [5.74, 6) is 1.36. The first-order valence-electron chi connectivity index (χ1n) is 6.78. The SMILES string of the molecule is C=CCNc1nncc(N2CCCc3ccccc32)n1. The van der Waals surface area contributed by atoms with Gasteiger partial charge in [-0.3, -0.25) is 0 Å². The summed E-state index contributed by atoms with van der Waals surface area (Å²) in [5.41, 5.74) is 2.58. The number of rotatable bonds is 4. The van der Waals surface area contributed by atoms with Crippen LogP contribution >= 0.6 is 0 Å². The minimum atomic E-state index is 0.533. The van der Waals surface area contributed by atoms with Gasteiger partial charge in [-0.15, -0.1) is 11.7 Å². The molecule has 0 spiro atoms.